The normalized spacial score (nSPS) is 29.4. The fourth-order valence-corrected chi connectivity index (χ4v) is 3.54. The van der Waals surface area contributed by atoms with Gasteiger partial charge in [0, 0.05) is 58.9 Å². The molecule has 3 fully saturated rings. The van der Waals surface area contributed by atoms with Crippen molar-refractivity contribution in [3.8, 4) is 0 Å². The highest BCUT2D eigenvalue weighted by Crippen LogP contribution is 2.15. The quantitative estimate of drug-likeness (QED) is 0.525. The number of unbranched alkanes of at least 4 members (excludes halogenated alkanes) is 1. The number of nitrogens with zero attached hydrogens (tertiary/aromatic N) is 3. The number of piperazine rings is 3. The Balaban J connectivity index is 1.68. The summed E-state index contributed by atoms with van der Waals surface area (Å²) in [5.41, 5.74) is 0. The van der Waals surface area contributed by atoms with Gasteiger partial charge in [0.1, 0.15) is 0 Å². The lowest BCUT2D eigenvalue weighted by Crippen LogP contribution is -2.63. The van der Waals surface area contributed by atoms with Crippen LogP contribution in [0.15, 0.2) is 4.99 Å². The number of rotatable bonds is 8. The molecule has 0 aromatic heterocycles. The van der Waals surface area contributed by atoms with Crippen molar-refractivity contribution in [3.63, 3.8) is 0 Å². The van der Waals surface area contributed by atoms with Gasteiger partial charge in [-0.25, -0.2) is 0 Å². The van der Waals surface area contributed by atoms with Gasteiger partial charge in [0.15, 0.2) is 5.96 Å². The van der Waals surface area contributed by atoms with Crippen molar-refractivity contribution in [2.24, 2.45) is 10.9 Å². The SMILES string of the molecule is CCCCC(CC)CNC(=NC)NCC1CN2CCN1CC2. The summed E-state index contributed by atoms with van der Waals surface area (Å²) in [6.45, 7) is 12.8. The van der Waals surface area contributed by atoms with Crippen LogP contribution in [0.25, 0.3) is 0 Å². The third-order valence-electron chi connectivity index (χ3n) is 5.22. The Hall–Kier alpha value is -0.810. The molecule has 0 aliphatic carbocycles. The van der Waals surface area contributed by atoms with Gasteiger partial charge < -0.3 is 10.6 Å². The standard InChI is InChI=1S/C17H35N5/c1-4-6-7-15(5-2)12-19-17(18-3)20-13-16-14-21-8-10-22(16)11-9-21/h15-16H,4-14H2,1-3H3,(H2,18,19,20). The molecule has 3 aliphatic heterocycles. The number of nitrogens with one attached hydrogen (secondary N) is 2. The second-order valence-electron chi connectivity index (χ2n) is 6.74. The number of aliphatic imine (C=N–C) groups is 1. The maximum absolute atomic E-state index is 4.38. The van der Waals surface area contributed by atoms with Crippen molar-refractivity contribution in [2.45, 2.75) is 45.6 Å². The van der Waals surface area contributed by atoms with Gasteiger partial charge in [-0.05, 0) is 12.3 Å². The second kappa shape index (κ2) is 9.36. The van der Waals surface area contributed by atoms with Gasteiger partial charge in [0.05, 0.1) is 0 Å². The van der Waals surface area contributed by atoms with E-state index < -0.39 is 0 Å². The fourth-order valence-electron chi connectivity index (χ4n) is 3.54. The van der Waals surface area contributed by atoms with Crippen molar-refractivity contribution < 1.29 is 0 Å². The van der Waals surface area contributed by atoms with Crippen LogP contribution in [0.5, 0.6) is 0 Å². The molecule has 0 saturated carbocycles. The van der Waals surface area contributed by atoms with Crippen molar-refractivity contribution in [2.75, 3.05) is 52.9 Å². The molecule has 2 unspecified atom stereocenters. The van der Waals surface area contributed by atoms with E-state index in [1.165, 1.54) is 58.4 Å². The Kier molecular flexibility index (Phi) is 7.46. The first-order chi connectivity index (χ1) is 10.8. The minimum absolute atomic E-state index is 0.642. The van der Waals surface area contributed by atoms with Crippen LogP contribution in [-0.2, 0) is 0 Å². The lowest BCUT2D eigenvalue weighted by molar-refractivity contribution is 0.0154. The van der Waals surface area contributed by atoms with E-state index in [9.17, 15) is 0 Å². The molecular weight excluding hydrogens is 274 g/mol. The van der Waals surface area contributed by atoms with Crippen molar-refractivity contribution in [1.82, 2.24) is 20.4 Å². The Morgan fingerprint density at radius 2 is 1.95 bits per heavy atom. The predicted octanol–water partition coefficient (Wildman–Crippen LogP) is 1.37. The Labute approximate surface area is 136 Å². The molecule has 3 aliphatic rings. The van der Waals surface area contributed by atoms with Crippen LogP contribution in [0.3, 0.4) is 0 Å². The lowest BCUT2D eigenvalue weighted by Gasteiger charge is -2.47. The first-order valence-electron chi connectivity index (χ1n) is 9.17. The second-order valence-corrected chi connectivity index (χ2v) is 6.74. The first kappa shape index (κ1) is 17.5. The molecule has 3 heterocycles. The van der Waals surface area contributed by atoms with E-state index in [2.05, 4.69) is 39.3 Å². The van der Waals surface area contributed by atoms with Crippen LogP contribution in [0, 0.1) is 5.92 Å². The summed E-state index contributed by atoms with van der Waals surface area (Å²) in [6, 6.07) is 0.642. The van der Waals surface area contributed by atoms with Gasteiger partial charge in [0.2, 0.25) is 0 Å². The van der Waals surface area contributed by atoms with Gasteiger partial charge in [-0.1, -0.05) is 33.1 Å². The number of hydrogen-bond acceptors (Lipinski definition) is 3. The molecule has 0 amide bonds. The van der Waals surface area contributed by atoms with Crippen LogP contribution in [0.4, 0.5) is 0 Å². The summed E-state index contributed by atoms with van der Waals surface area (Å²) < 4.78 is 0. The van der Waals surface area contributed by atoms with E-state index in [0.717, 1.165) is 25.0 Å². The molecule has 0 aromatic carbocycles. The molecule has 2 bridgehead atoms. The lowest BCUT2D eigenvalue weighted by atomic mass is 9.99. The van der Waals surface area contributed by atoms with Crippen LogP contribution in [0.2, 0.25) is 0 Å². The maximum Gasteiger partial charge on any atom is 0.191 e. The molecule has 3 rings (SSSR count). The Bertz CT molecular complexity index is 336. The van der Waals surface area contributed by atoms with E-state index >= 15 is 0 Å². The fraction of sp³-hybridized carbons (Fsp3) is 0.941. The van der Waals surface area contributed by atoms with Crippen molar-refractivity contribution in [1.29, 1.82) is 0 Å². The van der Waals surface area contributed by atoms with Gasteiger partial charge in [-0.15, -0.1) is 0 Å². The maximum atomic E-state index is 4.38. The number of guanidine groups is 1. The number of hydrogen-bond donors (Lipinski definition) is 2. The Morgan fingerprint density at radius 3 is 2.50 bits per heavy atom. The zero-order valence-corrected chi connectivity index (χ0v) is 14.8. The summed E-state index contributed by atoms with van der Waals surface area (Å²) in [4.78, 5) is 9.59. The Morgan fingerprint density at radius 1 is 1.18 bits per heavy atom. The highest BCUT2D eigenvalue weighted by atomic mass is 15.4. The van der Waals surface area contributed by atoms with Crippen molar-refractivity contribution in [3.05, 3.63) is 0 Å². The van der Waals surface area contributed by atoms with E-state index in [4.69, 9.17) is 0 Å². The average Bonchev–Trinajstić information content (AvgIpc) is 2.58. The summed E-state index contributed by atoms with van der Waals surface area (Å²) >= 11 is 0. The van der Waals surface area contributed by atoms with E-state index in [0.29, 0.717) is 6.04 Å². The monoisotopic (exact) mass is 309 g/mol. The number of fused-ring (bicyclic) bond motifs is 3. The minimum atomic E-state index is 0.642. The van der Waals surface area contributed by atoms with Gasteiger partial charge in [-0.2, -0.15) is 0 Å². The molecule has 2 atom stereocenters. The van der Waals surface area contributed by atoms with Crippen LogP contribution >= 0.6 is 0 Å². The zero-order chi connectivity index (χ0) is 15.8. The molecule has 2 N–H and O–H groups in total. The largest absolute Gasteiger partial charge is 0.356 e. The van der Waals surface area contributed by atoms with Crippen LogP contribution in [0.1, 0.15) is 39.5 Å². The molecule has 22 heavy (non-hydrogen) atoms. The summed E-state index contributed by atoms with van der Waals surface area (Å²) in [5.74, 6) is 1.73. The van der Waals surface area contributed by atoms with E-state index in [1.54, 1.807) is 0 Å². The molecule has 3 saturated heterocycles. The molecule has 0 spiro atoms. The third kappa shape index (κ3) is 5.13. The minimum Gasteiger partial charge on any atom is -0.356 e. The summed E-state index contributed by atoms with van der Waals surface area (Å²) in [6.07, 6.45) is 5.19. The third-order valence-corrected chi connectivity index (χ3v) is 5.22. The predicted molar refractivity (Wildman–Crippen MR) is 94.5 cm³/mol. The van der Waals surface area contributed by atoms with Gasteiger partial charge >= 0.3 is 0 Å². The smallest absolute Gasteiger partial charge is 0.191 e. The van der Waals surface area contributed by atoms with Gasteiger partial charge in [-0.3, -0.25) is 14.8 Å². The van der Waals surface area contributed by atoms with Crippen LogP contribution in [-0.4, -0.2) is 74.7 Å². The first-order valence-corrected chi connectivity index (χ1v) is 9.17. The van der Waals surface area contributed by atoms with E-state index in [1.807, 2.05) is 7.05 Å². The molecular formula is C17H35N5. The molecule has 0 radical (unpaired) electrons. The molecule has 5 heteroatoms. The average molecular weight is 310 g/mol. The molecule has 0 aromatic rings. The highest BCUT2D eigenvalue weighted by molar-refractivity contribution is 5.79. The molecule has 128 valence electrons. The topological polar surface area (TPSA) is 42.9 Å². The highest BCUT2D eigenvalue weighted by Gasteiger charge is 2.31. The van der Waals surface area contributed by atoms with Crippen molar-refractivity contribution >= 4 is 5.96 Å². The van der Waals surface area contributed by atoms with Gasteiger partial charge in [0.25, 0.3) is 0 Å². The zero-order valence-electron chi connectivity index (χ0n) is 14.8. The summed E-state index contributed by atoms with van der Waals surface area (Å²) in [5, 5.41) is 7.05. The summed E-state index contributed by atoms with van der Waals surface area (Å²) in [7, 11) is 1.87. The molecule has 5 nitrogen and oxygen atoms in total. The van der Waals surface area contributed by atoms with Crippen LogP contribution < -0.4 is 10.6 Å². The van der Waals surface area contributed by atoms with E-state index in [-0.39, 0.29) is 0 Å².